The van der Waals surface area contributed by atoms with Crippen LogP contribution in [0.3, 0.4) is 0 Å². The molecule has 0 bridgehead atoms. The molecule has 0 aromatic carbocycles. The summed E-state index contributed by atoms with van der Waals surface area (Å²) in [6, 6.07) is 3.08. The minimum absolute atomic E-state index is 0.0356. The minimum atomic E-state index is -0.313. The minimum Gasteiger partial charge on any atom is -0.450 e. The van der Waals surface area contributed by atoms with Crippen LogP contribution in [-0.4, -0.2) is 60.1 Å². The molecule has 154 valence electrons. The molecule has 0 atom stereocenters. The molecule has 28 heavy (non-hydrogen) atoms. The van der Waals surface area contributed by atoms with Gasteiger partial charge in [-0.1, -0.05) is 19.8 Å². The Kier molecular flexibility index (Phi) is 8.71. The topological polar surface area (TPSA) is 101 Å². The summed E-state index contributed by atoms with van der Waals surface area (Å²) in [5.41, 5.74) is 0.641. The number of aromatic nitrogens is 1. The summed E-state index contributed by atoms with van der Waals surface area (Å²) in [6.45, 7) is 5.93. The van der Waals surface area contributed by atoms with Crippen molar-refractivity contribution in [2.75, 3.05) is 26.2 Å². The molecule has 2 heterocycles. The standard InChI is InChI=1S/C20H30N4O4/c1-3-5-6-10-22-18(25)15-7-11-21-17(14-15)19(26)23-16-8-12-24(13-9-16)20(27)28-4-2/h7,11,14,16H,3-6,8-10,12-13H2,1-2H3,(H,22,25)(H,23,26). The van der Waals surface area contributed by atoms with Crippen molar-refractivity contribution in [3.63, 3.8) is 0 Å². The third kappa shape index (κ3) is 6.51. The molecule has 0 saturated carbocycles. The van der Waals surface area contributed by atoms with Crippen LogP contribution in [0.25, 0.3) is 0 Å². The first-order valence-electron chi connectivity index (χ1n) is 10.0. The fourth-order valence-electron chi connectivity index (χ4n) is 3.06. The zero-order valence-corrected chi connectivity index (χ0v) is 16.7. The normalized spacial score (nSPS) is 14.4. The van der Waals surface area contributed by atoms with Crippen molar-refractivity contribution in [1.29, 1.82) is 0 Å². The fourth-order valence-corrected chi connectivity index (χ4v) is 3.06. The molecule has 1 fully saturated rings. The van der Waals surface area contributed by atoms with E-state index < -0.39 is 0 Å². The highest BCUT2D eigenvalue weighted by atomic mass is 16.6. The van der Waals surface area contributed by atoms with Crippen molar-refractivity contribution in [2.45, 2.75) is 52.0 Å². The van der Waals surface area contributed by atoms with Crippen LogP contribution in [0.15, 0.2) is 18.3 Å². The first kappa shape index (κ1) is 21.7. The number of piperidine rings is 1. The molecule has 1 aromatic heterocycles. The molecule has 1 aliphatic heterocycles. The van der Waals surface area contributed by atoms with Crippen LogP contribution in [0.4, 0.5) is 4.79 Å². The van der Waals surface area contributed by atoms with E-state index in [-0.39, 0.29) is 29.6 Å². The fraction of sp³-hybridized carbons (Fsp3) is 0.600. The lowest BCUT2D eigenvalue weighted by molar-refractivity contribution is 0.0856. The van der Waals surface area contributed by atoms with Crippen molar-refractivity contribution < 1.29 is 19.1 Å². The first-order chi connectivity index (χ1) is 13.5. The van der Waals surface area contributed by atoms with Gasteiger partial charge < -0.3 is 20.3 Å². The molecule has 2 N–H and O–H groups in total. The number of carbonyl (C=O) groups excluding carboxylic acids is 3. The van der Waals surface area contributed by atoms with Gasteiger partial charge in [-0.25, -0.2) is 4.79 Å². The van der Waals surface area contributed by atoms with Crippen LogP contribution in [0.1, 0.15) is 66.8 Å². The summed E-state index contributed by atoms with van der Waals surface area (Å²) >= 11 is 0. The van der Waals surface area contributed by atoms with Gasteiger partial charge in [0.25, 0.3) is 11.8 Å². The molecule has 0 aliphatic carbocycles. The highest BCUT2D eigenvalue weighted by molar-refractivity contribution is 5.98. The Morgan fingerprint density at radius 2 is 1.93 bits per heavy atom. The van der Waals surface area contributed by atoms with Crippen molar-refractivity contribution in [3.05, 3.63) is 29.6 Å². The van der Waals surface area contributed by atoms with Gasteiger partial charge in [-0.15, -0.1) is 0 Å². The number of likely N-dealkylation sites (tertiary alicyclic amines) is 1. The van der Waals surface area contributed by atoms with E-state index in [2.05, 4.69) is 22.5 Å². The molecule has 2 rings (SSSR count). The molecule has 0 unspecified atom stereocenters. The van der Waals surface area contributed by atoms with E-state index in [1.54, 1.807) is 17.9 Å². The Morgan fingerprint density at radius 1 is 1.18 bits per heavy atom. The second-order valence-corrected chi connectivity index (χ2v) is 6.83. The number of pyridine rings is 1. The van der Waals surface area contributed by atoms with E-state index in [1.807, 2.05) is 0 Å². The molecule has 0 radical (unpaired) electrons. The number of carbonyl (C=O) groups is 3. The number of rotatable bonds is 8. The second kappa shape index (κ2) is 11.3. The van der Waals surface area contributed by atoms with E-state index in [4.69, 9.17) is 4.74 Å². The number of hydrogen-bond donors (Lipinski definition) is 2. The lowest BCUT2D eigenvalue weighted by atomic mass is 10.1. The Morgan fingerprint density at radius 3 is 2.61 bits per heavy atom. The summed E-state index contributed by atoms with van der Waals surface area (Å²) < 4.78 is 5.00. The van der Waals surface area contributed by atoms with Crippen molar-refractivity contribution in [3.8, 4) is 0 Å². The van der Waals surface area contributed by atoms with Gasteiger partial charge in [-0.3, -0.25) is 14.6 Å². The lowest BCUT2D eigenvalue weighted by Crippen LogP contribution is -2.46. The molecule has 1 aliphatic rings. The number of nitrogens with zero attached hydrogens (tertiary/aromatic N) is 2. The largest absolute Gasteiger partial charge is 0.450 e. The highest BCUT2D eigenvalue weighted by Gasteiger charge is 2.25. The monoisotopic (exact) mass is 390 g/mol. The summed E-state index contributed by atoms with van der Waals surface area (Å²) in [5.74, 6) is -0.509. The predicted octanol–water partition coefficient (Wildman–Crippen LogP) is 2.35. The predicted molar refractivity (Wildman–Crippen MR) is 105 cm³/mol. The summed E-state index contributed by atoms with van der Waals surface area (Å²) in [5, 5.41) is 5.80. The molecule has 8 heteroatoms. The van der Waals surface area contributed by atoms with E-state index in [9.17, 15) is 14.4 Å². The van der Waals surface area contributed by atoms with Crippen molar-refractivity contribution in [2.24, 2.45) is 0 Å². The summed E-state index contributed by atoms with van der Waals surface area (Å²) in [6.07, 6.45) is 5.56. The third-order valence-corrected chi connectivity index (χ3v) is 4.68. The summed E-state index contributed by atoms with van der Waals surface area (Å²) in [7, 11) is 0. The van der Waals surface area contributed by atoms with Crippen molar-refractivity contribution in [1.82, 2.24) is 20.5 Å². The molecular weight excluding hydrogens is 360 g/mol. The van der Waals surface area contributed by atoms with Gasteiger partial charge in [0.1, 0.15) is 5.69 Å². The summed E-state index contributed by atoms with van der Waals surface area (Å²) in [4.78, 5) is 42.2. The maximum atomic E-state index is 12.5. The number of ether oxygens (including phenoxy) is 1. The number of hydrogen-bond acceptors (Lipinski definition) is 5. The third-order valence-electron chi connectivity index (χ3n) is 4.68. The van der Waals surface area contributed by atoms with E-state index in [0.29, 0.717) is 44.6 Å². The highest BCUT2D eigenvalue weighted by Crippen LogP contribution is 2.12. The number of amides is 3. The van der Waals surface area contributed by atoms with Gasteiger partial charge in [0.2, 0.25) is 0 Å². The molecule has 3 amide bonds. The molecule has 1 aromatic rings. The van der Waals surface area contributed by atoms with Gasteiger partial charge in [0, 0.05) is 37.4 Å². The second-order valence-electron chi connectivity index (χ2n) is 6.83. The van der Waals surface area contributed by atoms with E-state index in [0.717, 1.165) is 19.3 Å². The quantitative estimate of drug-likeness (QED) is 0.664. The van der Waals surface area contributed by atoms with Crippen LogP contribution in [0.5, 0.6) is 0 Å². The maximum Gasteiger partial charge on any atom is 0.409 e. The van der Waals surface area contributed by atoms with Crippen LogP contribution < -0.4 is 10.6 Å². The van der Waals surface area contributed by atoms with Crippen LogP contribution in [0, 0.1) is 0 Å². The molecule has 8 nitrogen and oxygen atoms in total. The zero-order chi connectivity index (χ0) is 20.4. The Bertz CT molecular complexity index is 672. The Labute approximate surface area is 166 Å². The van der Waals surface area contributed by atoms with E-state index >= 15 is 0 Å². The Balaban J connectivity index is 1.84. The number of nitrogens with one attached hydrogen (secondary N) is 2. The zero-order valence-electron chi connectivity index (χ0n) is 16.7. The molecule has 0 spiro atoms. The van der Waals surface area contributed by atoms with Gasteiger partial charge in [-0.2, -0.15) is 0 Å². The van der Waals surface area contributed by atoms with Crippen LogP contribution >= 0.6 is 0 Å². The van der Waals surface area contributed by atoms with Crippen LogP contribution in [-0.2, 0) is 4.74 Å². The SMILES string of the molecule is CCCCCNC(=O)c1ccnc(C(=O)NC2CCN(C(=O)OCC)CC2)c1. The molecule has 1 saturated heterocycles. The Hall–Kier alpha value is -2.64. The van der Waals surface area contributed by atoms with Gasteiger partial charge >= 0.3 is 6.09 Å². The van der Waals surface area contributed by atoms with Crippen LogP contribution in [0.2, 0.25) is 0 Å². The first-order valence-corrected chi connectivity index (χ1v) is 10.0. The average molecular weight is 390 g/mol. The number of unbranched alkanes of at least 4 members (excludes halogenated alkanes) is 2. The van der Waals surface area contributed by atoms with Gasteiger partial charge in [-0.05, 0) is 38.3 Å². The van der Waals surface area contributed by atoms with Crippen molar-refractivity contribution >= 4 is 17.9 Å². The molecular formula is C20H30N4O4. The lowest BCUT2D eigenvalue weighted by Gasteiger charge is -2.31. The van der Waals surface area contributed by atoms with E-state index in [1.165, 1.54) is 12.3 Å². The maximum absolute atomic E-state index is 12.5. The van der Waals surface area contributed by atoms with Gasteiger partial charge in [0.15, 0.2) is 0 Å². The van der Waals surface area contributed by atoms with Gasteiger partial charge in [0.05, 0.1) is 6.61 Å². The average Bonchev–Trinajstić information content (AvgIpc) is 2.72. The smallest absolute Gasteiger partial charge is 0.409 e.